The highest BCUT2D eigenvalue weighted by atomic mass is 32.2. The predicted molar refractivity (Wildman–Crippen MR) is 251 cm³/mol. The van der Waals surface area contributed by atoms with Gasteiger partial charge in [0.05, 0.1) is 0 Å². The zero-order chi connectivity index (χ0) is 41.7. The number of rotatable bonds is 28. The molecule has 9 nitrogen and oxygen atoms in total. The van der Waals surface area contributed by atoms with Gasteiger partial charge in [-0.1, -0.05) is 82.8 Å². The Balaban J connectivity index is 1.82. The highest BCUT2D eigenvalue weighted by molar-refractivity contribution is 7.98. The van der Waals surface area contributed by atoms with Crippen molar-refractivity contribution >= 4 is 66.4 Å². The minimum absolute atomic E-state index is 0.433. The fraction of sp³-hybridized carbons (Fsp3) is 0.667. The van der Waals surface area contributed by atoms with Crippen molar-refractivity contribution in [1.82, 2.24) is 16.0 Å². The second kappa shape index (κ2) is 27.2. The molecule has 0 aromatic heterocycles. The van der Waals surface area contributed by atoms with E-state index in [1.165, 1.54) is 80.6 Å². The van der Waals surface area contributed by atoms with E-state index in [9.17, 15) is 29.7 Å². The molecule has 2 saturated carbocycles. The van der Waals surface area contributed by atoms with Crippen molar-refractivity contribution < 1.29 is 29.7 Å². The maximum Gasteiger partial charge on any atom is 0.320 e. The molecule has 2 aliphatic carbocycles. The molecule has 3 atom stereocenters. The van der Waals surface area contributed by atoms with Crippen LogP contribution >= 0.6 is 43.2 Å². The highest BCUT2D eigenvalue weighted by Gasteiger charge is 2.34. The van der Waals surface area contributed by atoms with Gasteiger partial charge in [0.15, 0.2) is 0 Å². The summed E-state index contributed by atoms with van der Waals surface area (Å²) in [6.07, 6.45) is 22.6. The third-order valence-electron chi connectivity index (χ3n) is 11.9. The first-order valence-corrected chi connectivity index (χ1v) is 27.2. The van der Waals surface area contributed by atoms with Crippen molar-refractivity contribution in [2.45, 2.75) is 132 Å². The van der Waals surface area contributed by atoms with Gasteiger partial charge in [-0.3, -0.25) is 14.4 Å². The Morgan fingerprint density at radius 2 is 1.02 bits per heavy atom. The molecule has 0 saturated heterocycles. The standard InChI is InChI=1S/C45H70N3O6PS3/c1-56-27-21-38(43(49)50)46-24-18-32-30-33(19-25-47-39(44(51)52)22-28-57-2)42(34(31-32)20-26-48-40(45(53)54)23-29-58-3)37-16-10-11-17-41(37)55(35-12-6-4-7-13-35)36-14-8-5-9-15-36/h10-11,16-17,30-31,35-36,38-40,46-48H,4-9,12-15,18-29H2,1-3H3,(H,49,50)(H,51,52)(H,53,54)/t38-,39-,40-/m0/s1. The normalized spacial score (nSPS) is 17.0. The number of hydrogen-bond donors (Lipinski definition) is 6. The molecule has 58 heavy (non-hydrogen) atoms. The maximum absolute atomic E-state index is 12.3. The molecule has 0 bridgehead atoms. The maximum atomic E-state index is 12.3. The van der Waals surface area contributed by atoms with E-state index in [-0.39, 0.29) is 0 Å². The summed E-state index contributed by atoms with van der Waals surface area (Å²) in [7, 11) is -0.433. The van der Waals surface area contributed by atoms with E-state index in [2.05, 4.69) is 52.3 Å². The molecule has 0 heterocycles. The molecule has 0 aliphatic heterocycles. The highest BCUT2D eigenvalue weighted by Crippen LogP contribution is 2.56. The molecular formula is C45H70N3O6PS3. The number of thioether (sulfide) groups is 3. The van der Waals surface area contributed by atoms with Crippen LogP contribution in [0.25, 0.3) is 11.1 Å². The number of hydrogen-bond acceptors (Lipinski definition) is 9. The number of benzene rings is 2. The van der Waals surface area contributed by atoms with E-state index in [1.54, 1.807) is 35.3 Å². The van der Waals surface area contributed by atoms with Gasteiger partial charge in [0.1, 0.15) is 18.1 Å². The van der Waals surface area contributed by atoms with Crippen LogP contribution in [0.3, 0.4) is 0 Å². The minimum Gasteiger partial charge on any atom is -0.480 e. The molecule has 13 heteroatoms. The molecular weight excluding hydrogens is 806 g/mol. The van der Waals surface area contributed by atoms with Crippen molar-refractivity contribution in [3.63, 3.8) is 0 Å². The molecule has 4 rings (SSSR count). The summed E-state index contributed by atoms with van der Waals surface area (Å²) >= 11 is 4.94. The molecule has 324 valence electrons. The van der Waals surface area contributed by atoms with Crippen LogP contribution in [-0.4, -0.2) is 118 Å². The summed E-state index contributed by atoms with van der Waals surface area (Å²) < 4.78 is 0. The smallest absolute Gasteiger partial charge is 0.320 e. The third kappa shape index (κ3) is 15.6. The van der Waals surface area contributed by atoms with Gasteiger partial charge in [-0.05, 0) is 164 Å². The summed E-state index contributed by atoms with van der Waals surface area (Å²) in [6.45, 7) is 1.52. The fourth-order valence-electron chi connectivity index (χ4n) is 8.84. The van der Waals surface area contributed by atoms with Gasteiger partial charge in [0.2, 0.25) is 0 Å². The first-order chi connectivity index (χ1) is 28.2. The Kier molecular flexibility index (Phi) is 22.9. The van der Waals surface area contributed by atoms with Crippen LogP contribution in [-0.2, 0) is 33.6 Å². The summed E-state index contributed by atoms with van der Waals surface area (Å²) in [6, 6.07) is 11.8. The van der Waals surface area contributed by atoms with Crippen molar-refractivity contribution in [2.24, 2.45) is 0 Å². The van der Waals surface area contributed by atoms with E-state index in [0.717, 1.165) is 33.9 Å². The quantitative estimate of drug-likeness (QED) is 0.0459. The molecule has 2 aromatic carbocycles. The average molecular weight is 876 g/mol. The van der Waals surface area contributed by atoms with E-state index in [0.29, 0.717) is 69.5 Å². The zero-order valence-corrected chi connectivity index (χ0v) is 38.5. The van der Waals surface area contributed by atoms with Crippen molar-refractivity contribution in [1.29, 1.82) is 0 Å². The Morgan fingerprint density at radius 1 is 0.621 bits per heavy atom. The van der Waals surface area contributed by atoms with Crippen molar-refractivity contribution in [3.05, 3.63) is 53.1 Å². The van der Waals surface area contributed by atoms with Crippen LogP contribution in [0.2, 0.25) is 0 Å². The minimum atomic E-state index is -0.837. The van der Waals surface area contributed by atoms with Gasteiger partial charge >= 0.3 is 17.9 Å². The largest absolute Gasteiger partial charge is 0.480 e. The van der Waals surface area contributed by atoms with Crippen molar-refractivity contribution in [2.75, 3.05) is 55.7 Å². The lowest BCUT2D eigenvalue weighted by atomic mass is 9.88. The molecule has 0 spiro atoms. The van der Waals surface area contributed by atoms with Gasteiger partial charge in [-0.2, -0.15) is 35.3 Å². The summed E-state index contributed by atoms with van der Waals surface area (Å²) in [4.78, 5) is 36.6. The predicted octanol–water partition coefficient (Wildman–Crippen LogP) is 8.14. The average Bonchev–Trinajstić information content (AvgIpc) is 3.22. The van der Waals surface area contributed by atoms with Crippen molar-refractivity contribution in [3.8, 4) is 11.1 Å². The summed E-state index contributed by atoms with van der Waals surface area (Å²) in [5, 5.41) is 41.6. The Bertz CT molecular complexity index is 1490. The van der Waals surface area contributed by atoms with E-state index in [4.69, 9.17) is 0 Å². The van der Waals surface area contributed by atoms with Crippen LogP contribution in [0, 0.1) is 0 Å². The molecule has 0 unspecified atom stereocenters. The number of carboxylic acid groups (broad SMARTS) is 3. The van der Waals surface area contributed by atoms with Gasteiger partial charge < -0.3 is 31.3 Å². The monoisotopic (exact) mass is 875 g/mol. The molecule has 0 radical (unpaired) electrons. The summed E-state index contributed by atoms with van der Waals surface area (Å²) in [5.41, 5.74) is 7.35. The van der Waals surface area contributed by atoms with Gasteiger partial charge in [-0.25, -0.2) is 0 Å². The van der Waals surface area contributed by atoms with Crippen LogP contribution in [0.1, 0.15) is 100 Å². The van der Waals surface area contributed by atoms with Gasteiger partial charge in [-0.15, -0.1) is 0 Å². The third-order valence-corrected chi connectivity index (χ3v) is 17.3. The summed E-state index contributed by atoms with van der Waals surface area (Å²) in [5.74, 6) is -0.218. The lowest BCUT2D eigenvalue weighted by Crippen LogP contribution is -2.39. The second-order valence-electron chi connectivity index (χ2n) is 15.9. The Labute approximate surface area is 362 Å². The van der Waals surface area contributed by atoms with Gasteiger partial charge in [0, 0.05) is 0 Å². The van der Waals surface area contributed by atoms with Crippen LogP contribution in [0.5, 0.6) is 0 Å². The number of aliphatic carboxylic acids is 3. The molecule has 0 amide bonds. The van der Waals surface area contributed by atoms with Gasteiger partial charge in [0.25, 0.3) is 0 Å². The topological polar surface area (TPSA) is 148 Å². The lowest BCUT2D eigenvalue weighted by Gasteiger charge is -2.40. The first kappa shape index (κ1) is 48.9. The zero-order valence-electron chi connectivity index (χ0n) is 35.1. The molecule has 6 N–H and O–H groups in total. The SMILES string of the molecule is CSCC[C@H](NCCc1cc(CCN[C@@H](CCSC)C(=O)O)c(-c2ccccc2P(C2CCCCC2)C2CCCCC2)c(CCN[C@@H](CCSC)C(=O)O)c1)C(=O)O. The van der Waals surface area contributed by atoms with Crippen LogP contribution in [0.15, 0.2) is 36.4 Å². The van der Waals surface area contributed by atoms with Crippen LogP contribution in [0.4, 0.5) is 0 Å². The second-order valence-corrected chi connectivity index (χ2v) is 21.6. The molecule has 2 fully saturated rings. The van der Waals surface area contributed by atoms with E-state index < -0.39 is 44.0 Å². The van der Waals surface area contributed by atoms with E-state index in [1.807, 2.05) is 18.8 Å². The number of nitrogens with one attached hydrogen (secondary N) is 3. The Hall–Kier alpha value is -1.79. The lowest BCUT2D eigenvalue weighted by molar-refractivity contribution is -0.140. The molecule has 2 aliphatic rings. The molecule has 2 aromatic rings. The van der Waals surface area contributed by atoms with Crippen LogP contribution < -0.4 is 21.3 Å². The Morgan fingerprint density at radius 3 is 1.41 bits per heavy atom. The van der Waals surface area contributed by atoms with E-state index >= 15 is 0 Å². The number of carboxylic acids is 3. The first-order valence-electron chi connectivity index (χ1n) is 21.6. The fourth-order valence-corrected chi connectivity index (χ4v) is 14.2. The number of carbonyl (C=O) groups is 3.